The lowest BCUT2D eigenvalue weighted by molar-refractivity contribution is 0.106. The largest absolute Gasteiger partial charge is 0.300 e. The Labute approximate surface area is 116 Å². The van der Waals surface area contributed by atoms with Crippen LogP contribution in [0.15, 0.2) is 42.5 Å². The highest BCUT2D eigenvalue weighted by Gasteiger charge is 2.42. The molecule has 1 nitrogen and oxygen atoms in total. The van der Waals surface area contributed by atoms with Crippen LogP contribution in [0.3, 0.4) is 0 Å². The predicted octanol–water partition coefficient (Wildman–Crippen LogP) is 5.07. The first-order valence-electron chi connectivity index (χ1n) is 6.77. The van der Waals surface area contributed by atoms with E-state index < -0.39 is 8.07 Å². The van der Waals surface area contributed by atoms with E-state index in [1.54, 1.807) is 0 Å². The fourth-order valence-electron chi connectivity index (χ4n) is 2.03. The number of carbonyl (C=O) groups excluding carboxylic acids is 1. The summed E-state index contributed by atoms with van der Waals surface area (Å²) in [5.74, 6) is 0. The minimum absolute atomic E-state index is 0.0791. The van der Waals surface area contributed by atoms with Crippen molar-refractivity contribution in [1.82, 2.24) is 0 Å². The van der Waals surface area contributed by atoms with E-state index in [2.05, 4.69) is 52.1 Å². The van der Waals surface area contributed by atoms with Gasteiger partial charge < -0.3 is 4.79 Å². The zero-order valence-electron chi connectivity index (χ0n) is 12.4. The number of rotatable bonds is 2. The van der Waals surface area contributed by atoms with Gasteiger partial charge in [-0.1, -0.05) is 70.3 Å². The first kappa shape index (κ1) is 14.0. The van der Waals surface area contributed by atoms with Crippen LogP contribution in [0.5, 0.6) is 0 Å². The smallest absolute Gasteiger partial charge is 0.140 e. The minimum atomic E-state index is -1.98. The van der Waals surface area contributed by atoms with E-state index in [4.69, 9.17) is 0 Å². The molecule has 2 heteroatoms. The van der Waals surface area contributed by atoms with Crippen LogP contribution >= 0.6 is 0 Å². The van der Waals surface area contributed by atoms with Gasteiger partial charge in [-0.05, 0) is 21.9 Å². The Kier molecular flexibility index (Phi) is 3.39. The SMILES string of the molecule is CC(C)(C)[Si](C)(C)C(=O)c1ccc2ccccc2c1. The van der Waals surface area contributed by atoms with Crippen molar-refractivity contribution >= 4 is 24.3 Å². The molecule has 19 heavy (non-hydrogen) atoms. The molecule has 0 aromatic heterocycles. The average Bonchev–Trinajstić information content (AvgIpc) is 2.36. The zero-order valence-corrected chi connectivity index (χ0v) is 13.4. The van der Waals surface area contributed by atoms with Crippen LogP contribution in [0.25, 0.3) is 10.8 Å². The Morgan fingerprint density at radius 1 is 0.947 bits per heavy atom. The maximum Gasteiger partial charge on any atom is 0.140 e. The fraction of sp³-hybridized carbons (Fsp3) is 0.353. The number of carbonyl (C=O) groups is 1. The number of hydrogen-bond donors (Lipinski definition) is 0. The second-order valence-electron chi connectivity index (χ2n) is 6.77. The summed E-state index contributed by atoms with van der Waals surface area (Å²) in [5.41, 5.74) is 0.866. The second kappa shape index (κ2) is 4.60. The van der Waals surface area contributed by atoms with Crippen LogP contribution in [0.4, 0.5) is 0 Å². The Bertz CT molecular complexity index is 620. The van der Waals surface area contributed by atoms with E-state index in [1.807, 2.05) is 24.3 Å². The maximum absolute atomic E-state index is 12.8. The van der Waals surface area contributed by atoms with Crippen molar-refractivity contribution in [3.63, 3.8) is 0 Å². The molecule has 0 unspecified atom stereocenters. The normalized spacial score (nSPS) is 12.7. The highest BCUT2D eigenvalue weighted by molar-refractivity contribution is 7.08. The summed E-state index contributed by atoms with van der Waals surface area (Å²) in [5, 5.41) is 2.77. The van der Waals surface area contributed by atoms with Crippen molar-refractivity contribution in [3.05, 3.63) is 48.0 Å². The molecule has 100 valence electrons. The van der Waals surface area contributed by atoms with Crippen molar-refractivity contribution in [2.75, 3.05) is 0 Å². The number of fused-ring (bicyclic) bond motifs is 1. The summed E-state index contributed by atoms with van der Waals surface area (Å²) in [6, 6.07) is 14.3. The van der Waals surface area contributed by atoms with Gasteiger partial charge in [-0.25, -0.2) is 0 Å². The van der Waals surface area contributed by atoms with Crippen LogP contribution in [0.2, 0.25) is 18.1 Å². The maximum atomic E-state index is 12.8. The van der Waals surface area contributed by atoms with E-state index in [0.717, 1.165) is 10.9 Å². The molecular formula is C17H22OSi. The number of benzene rings is 2. The topological polar surface area (TPSA) is 17.1 Å². The summed E-state index contributed by atoms with van der Waals surface area (Å²) in [7, 11) is -1.98. The molecule has 0 atom stereocenters. The third-order valence-corrected chi connectivity index (χ3v) is 9.63. The quantitative estimate of drug-likeness (QED) is 0.696. The first-order chi connectivity index (χ1) is 8.73. The molecule has 2 rings (SSSR count). The molecule has 0 aliphatic rings. The lowest BCUT2D eigenvalue weighted by Gasteiger charge is -2.35. The molecule has 0 fully saturated rings. The summed E-state index contributed by atoms with van der Waals surface area (Å²) in [4.78, 5) is 12.8. The van der Waals surface area contributed by atoms with Crippen LogP contribution in [-0.4, -0.2) is 13.5 Å². The Morgan fingerprint density at radius 3 is 2.11 bits per heavy atom. The molecule has 0 bridgehead atoms. The van der Waals surface area contributed by atoms with Crippen LogP contribution in [0, 0.1) is 0 Å². The Hall–Kier alpha value is -1.41. The van der Waals surface area contributed by atoms with Gasteiger partial charge in [-0.3, -0.25) is 0 Å². The monoisotopic (exact) mass is 270 g/mol. The molecule has 0 saturated heterocycles. The van der Waals surface area contributed by atoms with Gasteiger partial charge in [0.2, 0.25) is 0 Å². The molecule has 0 amide bonds. The summed E-state index contributed by atoms with van der Waals surface area (Å²) in [6.07, 6.45) is 0. The van der Waals surface area contributed by atoms with E-state index in [9.17, 15) is 4.79 Å². The van der Waals surface area contributed by atoms with Gasteiger partial charge >= 0.3 is 0 Å². The highest BCUT2D eigenvalue weighted by Crippen LogP contribution is 2.38. The molecule has 0 heterocycles. The second-order valence-corrected chi connectivity index (χ2v) is 12.0. The summed E-state index contributed by atoms with van der Waals surface area (Å²) >= 11 is 0. The van der Waals surface area contributed by atoms with Gasteiger partial charge in [0.05, 0.1) is 0 Å². The van der Waals surface area contributed by atoms with Crippen molar-refractivity contribution < 1.29 is 4.79 Å². The molecule has 2 aromatic rings. The Morgan fingerprint density at radius 2 is 1.53 bits per heavy atom. The molecule has 0 saturated carbocycles. The predicted molar refractivity (Wildman–Crippen MR) is 85.5 cm³/mol. The standard InChI is InChI=1S/C17H22OSi/c1-17(2,3)19(4,5)16(18)15-11-10-13-8-6-7-9-14(13)12-15/h6-12H,1-5H3. The molecule has 0 N–H and O–H groups in total. The fourth-order valence-corrected chi connectivity index (χ4v) is 3.59. The van der Waals surface area contributed by atoms with E-state index in [0.29, 0.717) is 5.41 Å². The number of hydrogen-bond acceptors (Lipinski definition) is 1. The van der Waals surface area contributed by atoms with Gasteiger partial charge in [-0.2, -0.15) is 0 Å². The van der Waals surface area contributed by atoms with Gasteiger partial charge in [0.25, 0.3) is 0 Å². The molecule has 0 spiro atoms. The molecular weight excluding hydrogens is 248 g/mol. The van der Waals surface area contributed by atoms with Gasteiger partial charge in [0.15, 0.2) is 0 Å². The van der Waals surface area contributed by atoms with Crippen LogP contribution in [-0.2, 0) is 0 Å². The van der Waals surface area contributed by atoms with Crippen LogP contribution < -0.4 is 0 Å². The molecule has 0 radical (unpaired) electrons. The van der Waals surface area contributed by atoms with E-state index in [1.165, 1.54) is 5.39 Å². The van der Waals surface area contributed by atoms with E-state index >= 15 is 0 Å². The van der Waals surface area contributed by atoms with Crippen molar-refractivity contribution in [1.29, 1.82) is 0 Å². The van der Waals surface area contributed by atoms with Gasteiger partial charge in [0.1, 0.15) is 13.5 Å². The van der Waals surface area contributed by atoms with E-state index in [-0.39, 0.29) is 5.04 Å². The van der Waals surface area contributed by atoms with Crippen molar-refractivity contribution in [2.45, 2.75) is 38.9 Å². The summed E-state index contributed by atoms with van der Waals surface area (Å²) < 4.78 is 0. The molecule has 2 aromatic carbocycles. The van der Waals surface area contributed by atoms with Crippen molar-refractivity contribution in [2.24, 2.45) is 0 Å². The van der Waals surface area contributed by atoms with Crippen molar-refractivity contribution in [3.8, 4) is 0 Å². The first-order valence-corrected chi connectivity index (χ1v) is 9.77. The lowest BCUT2D eigenvalue weighted by atomic mass is 10.1. The van der Waals surface area contributed by atoms with Gasteiger partial charge in [0, 0.05) is 5.56 Å². The van der Waals surface area contributed by atoms with Gasteiger partial charge in [-0.15, -0.1) is 0 Å². The lowest BCUT2D eigenvalue weighted by Crippen LogP contribution is -2.46. The Balaban J connectivity index is 2.48. The minimum Gasteiger partial charge on any atom is -0.300 e. The van der Waals surface area contributed by atoms with Crippen LogP contribution in [0.1, 0.15) is 31.1 Å². The third kappa shape index (κ3) is 2.50. The molecule has 0 aliphatic carbocycles. The average molecular weight is 270 g/mol. The zero-order chi connectivity index (χ0) is 14.3. The highest BCUT2D eigenvalue weighted by atomic mass is 28.3. The summed E-state index contributed by atoms with van der Waals surface area (Å²) in [6.45, 7) is 10.9. The molecule has 0 aliphatic heterocycles. The third-order valence-electron chi connectivity index (χ3n) is 4.45.